The first-order valence-electron chi connectivity index (χ1n) is 3.09. The third kappa shape index (κ3) is 1.57. The minimum atomic E-state index is -2.04. The van der Waals surface area contributed by atoms with Crippen LogP contribution in [0.2, 0.25) is 5.02 Å². The highest BCUT2D eigenvalue weighted by molar-refractivity contribution is 6.67. The van der Waals surface area contributed by atoms with Gasteiger partial charge in [-0.3, -0.25) is 4.79 Å². The predicted octanol–water partition coefficient (Wildman–Crippen LogP) is 3.28. The summed E-state index contributed by atoms with van der Waals surface area (Å²) in [5.41, 5.74) is -1.41. The van der Waals surface area contributed by atoms with E-state index in [-0.39, 0.29) is 0 Å². The SMILES string of the molecule is O=C(Cl)c1c(F)c(F)c(F)c(Cl)c1F. The molecule has 0 radical (unpaired) electrons. The molecule has 0 N–H and O–H groups in total. The van der Waals surface area contributed by atoms with Crippen LogP contribution in [0.4, 0.5) is 17.6 Å². The van der Waals surface area contributed by atoms with Gasteiger partial charge in [-0.15, -0.1) is 0 Å². The Morgan fingerprint density at radius 3 is 1.86 bits per heavy atom. The van der Waals surface area contributed by atoms with Gasteiger partial charge in [0.2, 0.25) is 0 Å². The fraction of sp³-hybridized carbons (Fsp3) is 0. The van der Waals surface area contributed by atoms with E-state index in [0.29, 0.717) is 0 Å². The topological polar surface area (TPSA) is 17.1 Å². The lowest BCUT2D eigenvalue weighted by Gasteiger charge is -2.04. The molecule has 0 aliphatic carbocycles. The van der Waals surface area contributed by atoms with Crippen molar-refractivity contribution in [3.05, 3.63) is 33.9 Å². The first kappa shape index (κ1) is 11.3. The average molecular weight is 247 g/mol. The van der Waals surface area contributed by atoms with Crippen molar-refractivity contribution in [3.63, 3.8) is 0 Å². The van der Waals surface area contributed by atoms with Crippen molar-refractivity contribution in [2.45, 2.75) is 0 Å². The number of carbonyl (C=O) groups excluding carboxylic acids is 1. The third-order valence-electron chi connectivity index (χ3n) is 1.41. The van der Waals surface area contributed by atoms with Crippen molar-refractivity contribution in [3.8, 4) is 0 Å². The molecule has 76 valence electrons. The number of halogens is 6. The van der Waals surface area contributed by atoms with Gasteiger partial charge >= 0.3 is 0 Å². The maximum Gasteiger partial charge on any atom is 0.258 e. The monoisotopic (exact) mass is 246 g/mol. The zero-order valence-corrected chi connectivity index (χ0v) is 7.69. The van der Waals surface area contributed by atoms with Crippen molar-refractivity contribution >= 4 is 28.4 Å². The van der Waals surface area contributed by atoms with Crippen molar-refractivity contribution < 1.29 is 22.4 Å². The van der Waals surface area contributed by atoms with Crippen LogP contribution in [0.3, 0.4) is 0 Å². The van der Waals surface area contributed by atoms with Crippen LogP contribution in [-0.4, -0.2) is 5.24 Å². The number of hydrogen-bond acceptors (Lipinski definition) is 1. The second kappa shape index (κ2) is 3.74. The molecule has 7 heteroatoms. The highest BCUT2D eigenvalue weighted by Gasteiger charge is 2.27. The normalized spacial score (nSPS) is 10.4. The van der Waals surface area contributed by atoms with Gasteiger partial charge in [0.05, 0.1) is 0 Å². The minimum absolute atomic E-state index is 1.31. The second-order valence-corrected chi connectivity index (χ2v) is 2.94. The summed E-state index contributed by atoms with van der Waals surface area (Å²) >= 11 is 9.68. The Labute approximate surface area is 85.2 Å². The Hall–Kier alpha value is -0.810. The molecule has 1 aromatic carbocycles. The minimum Gasteiger partial charge on any atom is -0.275 e. The largest absolute Gasteiger partial charge is 0.275 e. The van der Waals surface area contributed by atoms with Crippen LogP contribution in [0.25, 0.3) is 0 Å². The van der Waals surface area contributed by atoms with E-state index in [1.54, 1.807) is 0 Å². The summed E-state index contributed by atoms with van der Waals surface area (Å²) < 4.78 is 50.7. The molecule has 0 fully saturated rings. The lowest BCUT2D eigenvalue weighted by molar-refractivity contribution is 0.107. The van der Waals surface area contributed by atoms with Crippen LogP contribution < -0.4 is 0 Å². The summed E-state index contributed by atoms with van der Waals surface area (Å²) in [7, 11) is 0. The van der Waals surface area contributed by atoms with Crippen LogP contribution in [0, 0.1) is 23.3 Å². The van der Waals surface area contributed by atoms with E-state index < -0.39 is 39.1 Å². The molecular formula is C7Cl2F4O. The van der Waals surface area contributed by atoms with Crippen LogP contribution in [-0.2, 0) is 0 Å². The van der Waals surface area contributed by atoms with Crippen LogP contribution in [0.1, 0.15) is 10.4 Å². The number of hydrogen-bond donors (Lipinski definition) is 0. The maximum atomic E-state index is 12.9. The van der Waals surface area contributed by atoms with Gasteiger partial charge in [-0.1, -0.05) is 11.6 Å². The number of carbonyl (C=O) groups is 1. The van der Waals surface area contributed by atoms with Crippen molar-refractivity contribution in [1.82, 2.24) is 0 Å². The molecule has 0 amide bonds. The van der Waals surface area contributed by atoms with Gasteiger partial charge in [0, 0.05) is 0 Å². The summed E-state index contributed by atoms with van der Waals surface area (Å²) in [5, 5.41) is -2.91. The lowest BCUT2D eigenvalue weighted by atomic mass is 10.2. The van der Waals surface area contributed by atoms with Gasteiger partial charge in [0.15, 0.2) is 23.3 Å². The maximum absolute atomic E-state index is 12.9. The van der Waals surface area contributed by atoms with Crippen LogP contribution in [0.5, 0.6) is 0 Å². The summed E-state index contributed by atoms with van der Waals surface area (Å²) in [6.45, 7) is 0. The van der Waals surface area contributed by atoms with E-state index >= 15 is 0 Å². The van der Waals surface area contributed by atoms with E-state index in [1.165, 1.54) is 0 Å². The highest BCUT2D eigenvalue weighted by atomic mass is 35.5. The smallest absolute Gasteiger partial charge is 0.258 e. The highest BCUT2D eigenvalue weighted by Crippen LogP contribution is 2.28. The molecule has 0 saturated carbocycles. The quantitative estimate of drug-likeness (QED) is 0.322. The van der Waals surface area contributed by atoms with Gasteiger partial charge in [0.25, 0.3) is 5.24 Å². The summed E-state index contributed by atoms with van der Waals surface area (Å²) in [6, 6.07) is 0. The molecule has 1 nitrogen and oxygen atoms in total. The first-order valence-corrected chi connectivity index (χ1v) is 3.84. The fourth-order valence-corrected chi connectivity index (χ4v) is 1.12. The Kier molecular flexibility index (Phi) is 3.01. The fourth-order valence-electron chi connectivity index (χ4n) is 0.777. The van der Waals surface area contributed by atoms with Crippen LogP contribution >= 0.6 is 23.2 Å². The van der Waals surface area contributed by atoms with E-state index in [4.69, 9.17) is 23.2 Å². The van der Waals surface area contributed by atoms with Crippen LogP contribution in [0.15, 0.2) is 0 Å². The van der Waals surface area contributed by atoms with Crippen molar-refractivity contribution in [2.24, 2.45) is 0 Å². The molecule has 1 aromatic rings. The summed E-state index contributed by atoms with van der Waals surface area (Å²) in [5.74, 6) is -7.66. The van der Waals surface area contributed by atoms with Crippen molar-refractivity contribution in [2.75, 3.05) is 0 Å². The molecule has 0 unspecified atom stereocenters. The molecule has 0 aliphatic heterocycles. The Morgan fingerprint density at radius 2 is 1.43 bits per heavy atom. The Morgan fingerprint density at radius 1 is 0.929 bits per heavy atom. The molecule has 0 heterocycles. The van der Waals surface area contributed by atoms with E-state index in [9.17, 15) is 22.4 Å². The summed E-state index contributed by atoms with van der Waals surface area (Å²) in [6.07, 6.45) is 0. The molecule has 1 rings (SSSR count). The van der Waals surface area contributed by atoms with Gasteiger partial charge < -0.3 is 0 Å². The lowest BCUT2D eigenvalue weighted by Crippen LogP contribution is -2.06. The molecule has 0 aliphatic rings. The third-order valence-corrected chi connectivity index (χ3v) is 1.93. The molecule has 14 heavy (non-hydrogen) atoms. The van der Waals surface area contributed by atoms with E-state index in [0.717, 1.165) is 0 Å². The summed E-state index contributed by atoms with van der Waals surface area (Å²) in [4.78, 5) is 10.4. The molecule has 0 saturated heterocycles. The predicted molar refractivity (Wildman–Crippen MR) is 41.5 cm³/mol. The standard InChI is InChI=1S/C7Cl2F4O/c8-2-3(10)1(7(9)14)4(11)6(13)5(2)12. The zero-order chi connectivity index (χ0) is 11.0. The molecule has 0 aromatic heterocycles. The van der Waals surface area contributed by atoms with E-state index in [1.807, 2.05) is 0 Å². The van der Waals surface area contributed by atoms with E-state index in [2.05, 4.69) is 0 Å². The first-order chi connectivity index (χ1) is 6.37. The Bertz CT molecular complexity index is 390. The van der Waals surface area contributed by atoms with Gasteiger partial charge in [-0.05, 0) is 11.6 Å². The van der Waals surface area contributed by atoms with Crippen molar-refractivity contribution in [1.29, 1.82) is 0 Å². The zero-order valence-electron chi connectivity index (χ0n) is 6.18. The van der Waals surface area contributed by atoms with Gasteiger partial charge in [0.1, 0.15) is 10.6 Å². The number of benzene rings is 1. The Balaban J connectivity index is 3.68. The number of rotatable bonds is 1. The molecular weight excluding hydrogens is 247 g/mol. The molecule has 0 atom stereocenters. The van der Waals surface area contributed by atoms with Gasteiger partial charge in [-0.2, -0.15) is 0 Å². The molecule has 0 bridgehead atoms. The average Bonchev–Trinajstić information content (AvgIpc) is 2.11. The van der Waals surface area contributed by atoms with Gasteiger partial charge in [-0.25, -0.2) is 17.6 Å². The molecule has 0 spiro atoms. The second-order valence-electron chi connectivity index (χ2n) is 2.22.